The molecule has 2 aromatic heterocycles. The maximum absolute atomic E-state index is 11.8. The lowest BCUT2D eigenvalue weighted by Crippen LogP contribution is -2.14. The second-order valence-corrected chi connectivity index (χ2v) is 4.22. The molecule has 2 heterocycles. The molecule has 4 N–H and O–H groups in total. The number of aryl methyl sites for hydroxylation is 1. The summed E-state index contributed by atoms with van der Waals surface area (Å²) in [5.74, 6) is 0.604. The minimum Gasteiger partial charge on any atom is -0.507 e. The number of nitrogens with zero attached hydrogens (tertiary/aromatic N) is 3. The van der Waals surface area contributed by atoms with Gasteiger partial charge in [-0.3, -0.25) is 9.89 Å². The molecule has 96 valence electrons. The zero-order chi connectivity index (χ0) is 13.6. The van der Waals surface area contributed by atoms with E-state index >= 15 is 0 Å². The van der Waals surface area contributed by atoms with Gasteiger partial charge in [-0.25, -0.2) is 4.98 Å². The Morgan fingerprint density at radius 3 is 2.84 bits per heavy atom. The summed E-state index contributed by atoms with van der Waals surface area (Å²) in [7, 11) is 0. The van der Waals surface area contributed by atoms with Gasteiger partial charge in [0.1, 0.15) is 5.75 Å². The molecule has 1 aromatic carbocycles. The van der Waals surface area contributed by atoms with Gasteiger partial charge in [-0.05, 0) is 19.1 Å². The monoisotopic (exact) mass is 257 g/mol. The van der Waals surface area contributed by atoms with Crippen molar-refractivity contribution in [2.24, 2.45) is 0 Å². The summed E-state index contributed by atoms with van der Waals surface area (Å²) in [5, 5.41) is 12.6. The Labute approximate surface area is 107 Å². The molecule has 0 amide bonds. The maximum atomic E-state index is 11.8. The molecule has 0 aliphatic carbocycles. The van der Waals surface area contributed by atoms with Gasteiger partial charge < -0.3 is 10.8 Å². The number of nitrogens with two attached hydrogens (primary N) is 1. The molecule has 0 bridgehead atoms. The van der Waals surface area contributed by atoms with E-state index in [-0.39, 0.29) is 17.1 Å². The SMILES string of the molecule is Cc1cc(=O)n2[nH]c(-c3ccc(N)cc3O)nc2n1. The third-order valence-electron chi connectivity index (χ3n) is 2.74. The Balaban J connectivity index is 2.26. The predicted molar refractivity (Wildman–Crippen MR) is 69.9 cm³/mol. The van der Waals surface area contributed by atoms with Crippen molar-refractivity contribution in [3.63, 3.8) is 0 Å². The van der Waals surface area contributed by atoms with Crippen LogP contribution < -0.4 is 11.3 Å². The van der Waals surface area contributed by atoms with Crippen molar-refractivity contribution in [3.05, 3.63) is 40.3 Å². The average molecular weight is 257 g/mol. The summed E-state index contributed by atoms with van der Waals surface area (Å²) in [6.45, 7) is 1.72. The quantitative estimate of drug-likeness (QED) is 0.555. The van der Waals surface area contributed by atoms with Gasteiger partial charge in [0.15, 0.2) is 5.82 Å². The van der Waals surface area contributed by atoms with Gasteiger partial charge in [0.25, 0.3) is 11.3 Å². The van der Waals surface area contributed by atoms with Crippen LogP contribution in [-0.4, -0.2) is 24.7 Å². The standard InChI is InChI=1S/C12H11N5O2/c1-6-4-10(19)17-12(14-6)15-11(16-17)8-3-2-7(13)5-9(8)18/h2-5,18H,13H2,1H3,(H,14,15,16). The van der Waals surface area contributed by atoms with Crippen molar-refractivity contribution in [1.29, 1.82) is 0 Å². The summed E-state index contributed by atoms with van der Waals surface area (Å²) < 4.78 is 1.22. The fourth-order valence-corrected chi connectivity index (χ4v) is 1.86. The zero-order valence-electron chi connectivity index (χ0n) is 10.1. The Morgan fingerprint density at radius 1 is 1.32 bits per heavy atom. The minimum atomic E-state index is -0.254. The van der Waals surface area contributed by atoms with Gasteiger partial charge in [0.2, 0.25) is 0 Å². The van der Waals surface area contributed by atoms with E-state index in [0.717, 1.165) is 0 Å². The van der Waals surface area contributed by atoms with Gasteiger partial charge in [-0.1, -0.05) is 0 Å². The first-order chi connectivity index (χ1) is 9.04. The molecular formula is C12H11N5O2. The largest absolute Gasteiger partial charge is 0.507 e. The molecule has 0 aliphatic heterocycles. The van der Waals surface area contributed by atoms with Crippen LogP contribution in [0.2, 0.25) is 0 Å². The first-order valence-electron chi connectivity index (χ1n) is 5.60. The van der Waals surface area contributed by atoms with Crippen LogP contribution in [0.1, 0.15) is 5.69 Å². The van der Waals surface area contributed by atoms with E-state index in [9.17, 15) is 9.90 Å². The number of phenols is 1. The number of aromatic nitrogens is 4. The average Bonchev–Trinajstić information content (AvgIpc) is 2.72. The van der Waals surface area contributed by atoms with Crippen LogP contribution in [-0.2, 0) is 0 Å². The molecular weight excluding hydrogens is 246 g/mol. The molecule has 0 fully saturated rings. The molecule has 0 saturated carbocycles. The van der Waals surface area contributed by atoms with Crippen molar-refractivity contribution < 1.29 is 5.11 Å². The van der Waals surface area contributed by atoms with E-state index in [1.807, 2.05) is 0 Å². The molecule has 0 unspecified atom stereocenters. The second kappa shape index (κ2) is 3.84. The number of aromatic amines is 1. The van der Waals surface area contributed by atoms with Gasteiger partial charge in [0.05, 0.1) is 5.56 Å². The number of rotatable bonds is 1. The van der Waals surface area contributed by atoms with Crippen LogP contribution in [0, 0.1) is 6.92 Å². The summed E-state index contributed by atoms with van der Waals surface area (Å²) in [5.41, 5.74) is 6.80. The number of nitrogens with one attached hydrogen (secondary N) is 1. The number of aromatic hydroxyl groups is 1. The number of anilines is 1. The third kappa shape index (κ3) is 1.81. The molecule has 7 heteroatoms. The normalized spacial score (nSPS) is 11.0. The Hall–Kier alpha value is -2.83. The maximum Gasteiger partial charge on any atom is 0.274 e. The molecule has 0 spiro atoms. The Kier molecular flexibility index (Phi) is 2.28. The number of H-pyrrole nitrogens is 1. The lowest BCUT2D eigenvalue weighted by atomic mass is 10.2. The van der Waals surface area contributed by atoms with E-state index < -0.39 is 0 Å². The highest BCUT2D eigenvalue weighted by atomic mass is 16.3. The molecule has 0 radical (unpaired) electrons. The zero-order valence-corrected chi connectivity index (χ0v) is 10.1. The molecule has 3 aromatic rings. The molecule has 0 saturated heterocycles. The highest BCUT2D eigenvalue weighted by Crippen LogP contribution is 2.28. The number of phenolic OH excluding ortho intramolecular Hbond substituents is 1. The van der Waals surface area contributed by atoms with Gasteiger partial charge in [0, 0.05) is 23.5 Å². The molecule has 3 rings (SSSR count). The first-order valence-corrected chi connectivity index (χ1v) is 5.60. The first kappa shape index (κ1) is 11.3. The lowest BCUT2D eigenvalue weighted by molar-refractivity contribution is 0.477. The highest BCUT2D eigenvalue weighted by Gasteiger charge is 2.11. The summed E-state index contributed by atoms with van der Waals surface area (Å²) in [4.78, 5) is 20.1. The topological polar surface area (TPSA) is 109 Å². The van der Waals surface area contributed by atoms with E-state index in [4.69, 9.17) is 5.73 Å². The highest BCUT2D eigenvalue weighted by molar-refractivity contribution is 5.68. The smallest absolute Gasteiger partial charge is 0.274 e. The summed E-state index contributed by atoms with van der Waals surface area (Å²) >= 11 is 0. The van der Waals surface area contributed by atoms with Crippen LogP contribution in [0.15, 0.2) is 29.1 Å². The van der Waals surface area contributed by atoms with Crippen LogP contribution in [0.3, 0.4) is 0 Å². The van der Waals surface area contributed by atoms with Gasteiger partial charge >= 0.3 is 0 Å². The van der Waals surface area contributed by atoms with Gasteiger partial charge in [-0.2, -0.15) is 9.50 Å². The lowest BCUT2D eigenvalue weighted by Gasteiger charge is -2.01. The molecule has 7 nitrogen and oxygen atoms in total. The number of nitrogen functional groups attached to an aromatic ring is 1. The van der Waals surface area contributed by atoms with Crippen LogP contribution in [0.4, 0.5) is 5.69 Å². The van der Waals surface area contributed by atoms with Crippen LogP contribution >= 0.6 is 0 Å². The van der Waals surface area contributed by atoms with E-state index in [1.54, 1.807) is 19.1 Å². The fourth-order valence-electron chi connectivity index (χ4n) is 1.86. The van der Waals surface area contributed by atoms with Crippen LogP contribution in [0.25, 0.3) is 17.2 Å². The van der Waals surface area contributed by atoms with E-state index in [1.165, 1.54) is 16.6 Å². The fraction of sp³-hybridized carbons (Fsp3) is 0.0833. The number of fused-ring (bicyclic) bond motifs is 1. The third-order valence-corrected chi connectivity index (χ3v) is 2.74. The second-order valence-electron chi connectivity index (χ2n) is 4.22. The summed E-state index contributed by atoms with van der Waals surface area (Å²) in [6, 6.07) is 6.09. The Morgan fingerprint density at radius 2 is 2.11 bits per heavy atom. The van der Waals surface area contributed by atoms with E-state index in [0.29, 0.717) is 22.8 Å². The van der Waals surface area contributed by atoms with Gasteiger partial charge in [-0.15, -0.1) is 0 Å². The number of benzene rings is 1. The molecule has 19 heavy (non-hydrogen) atoms. The van der Waals surface area contributed by atoms with E-state index in [2.05, 4.69) is 15.1 Å². The molecule has 0 aliphatic rings. The Bertz CT molecular complexity index is 834. The molecule has 0 atom stereocenters. The van der Waals surface area contributed by atoms with Crippen LogP contribution in [0.5, 0.6) is 5.75 Å². The van der Waals surface area contributed by atoms with Crippen molar-refractivity contribution in [2.75, 3.05) is 5.73 Å². The van der Waals surface area contributed by atoms with Crippen molar-refractivity contribution in [3.8, 4) is 17.1 Å². The predicted octanol–water partition coefficient (Wildman–Crippen LogP) is 0.681. The number of hydrogen-bond donors (Lipinski definition) is 3. The van der Waals surface area contributed by atoms with Crippen molar-refractivity contribution >= 4 is 11.5 Å². The van der Waals surface area contributed by atoms with Crippen molar-refractivity contribution in [2.45, 2.75) is 6.92 Å². The summed E-state index contributed by atoms with van der Waals surface area (Å²) in [6.07, 6.45) is 0. The minimum absolute atomic E-state index is 0.0103. The van der Waals surface area contributed by atoms with Crippen molar-refractivity contribution in [1.82, 2.24) is 19.6 Å². The number of hydrogen-bond acceptors (Lipinski definition) is 5.